The Morgan fingerprint density at radius 3 is 2.88 bits per heavy atom. The Kier molecular flexibility index (Phi) is 2.18. The predicted octanol–water partition coefficient (Wildman–Crippen LogP) is 2.72. The highest BCUT2D eigenvalue weighted by atomic mass is 16.6. The number of non-ortho nitro benzene ring substituents is 1. The molecule has 0 bridgehead atoms. The molecule has 0 radical (unpaired) electrons. The third kappa shape index (κ3) is 1.80. The molecule has 1 aliphatic rings. The van der Waals surface area contributed by atoms with Crippen molar-refractivity contribution >= 4 is 22.3 Å². The number of nitrogens with one attached hydrogen (secondary N) is 1. The van der Waals surface area contributed by atoms with Crippen molar-refractivity contribution < 1.29 is 4.92 Å². The molecule has 1 aliphatic carbocycles. The lowest BCUT2D eigenvalue weighted by molar-refractivity contribution is -0.383. The molecule has 0 saturated heterocycles. The molecule has 2 aromatic rings. The molecular weight excluding hydrogens is 218 g/mol. The summed E-state index contributed by atoms with van der Waals surface area (Å²) >= 11 is 0. The smallest absolute Gasteiger partial charge is 0.295 e. The number of benzene rings is 1. The van der Waals surface area contributed by atoms with Gasteiger partial charge in [-0.2, -0.15) is 0 Å². The molecule has 0 atom stereocenters. The number of aromatic nitrogens is 1. The molecule has 5 nitrogen and oxygen atoms in total. The Morgan fingerprint density at radius 1 is 1.35 bits per heavy atom. The second-order valence-electron chi connectivity index (χ2n) is 4.21. The minimum atomic E-state index is -0.393. The molecule has 0 aliphatic heterocycles. The third-order valence-electron chi connectivity index (χ3n) is 2.88. The van der Waals surface area contributed by atoms with Crippen LogP contribution in [0.15, 0.2) is 30.5 Å². The number of nitro groups is 1. The van der Waals surface area contributed by atoms with Crippen LogP contribution in [0, 0.1) is 10.1 Å². The number of hydrogen-bond acceptors (Lipinski definition) is 4. The van der Waals surface area contributed by atoms with Gasteiger partial charge >= 0.3 is 0 Å². The van der Waals surface area contributed by atoms with E-state index in [0.717, 1.165) is 11.1 Å². The zero-order chi connectivity index (χ0) is 11.8. The molecule has 0 amide bonds. The molecule has 0 unspecified atom stereocenters. The van der Waals surface area contributed by atoms with Crippen molar-refractivity contribution in [2.24, 2.45) is 0 Å². The zero-order valence-corrected chi connectivity index (χ0v) is 9.09. The summed E-state index contributed by atoms with van der Waals surface area (Å²) in [5, 5.41) is 15.1. The molecule has 5 heteroatoms. The van der Waals surface area contributed by atoms with Gasteiger partial charge < -0.3 is 5.32 Å². The summed E-state index contributed by atoms with van der Waals surface area (Å²) in [6.07, 6.45) is 3.91. The van der Waals surface area contributed by atoms with E-state index < -0.39 is 4.92 Å². The Balaban J connectivity index is 2.18. The van der Waals surface area contributed by atoms with E-state index in [2.05, 4.69) is 10.3 Å². The minimum Gasteiger partial charge on any atom is -0.382 e. The fraction of sp³-hybridized carbons (Fsp3) is 0.250. The van der Waals surface area contributed by atoms with Gasteiger partial charge in [-0.1, -0.05) is 0 Å². The summed E-state index contributed by atoms with van der Waals surface area (Å²) in [6, 6.07) is 7.45. The fourth-order valence-electron chi connectivity index (χ4n) is 1.88. The number of hydrogen-bond donors (Lipinski definition) is 1. The summed E-state index contributed by atoms with van der Waals surface area (Å²) in [5.41, 5.74) is 1.44. The van der Waals surface area contributed by atoms with E-state index in [1.54, 1.807) is 18.3 Å². The maximum atomic E-state index is 10.9. The Morgan fingerprint density at radius 2 is 2.18 bits per heavy atom. The van der Waals surface area contributed by atoms with Crippen LogP contribution in [0.25, 0.3) is 10.9 Å². The van der Waals surface area contributed by atoms with E-state index in [0.29, 0.717) is 11.6 Å². The van der Waals surface area contributed by atoms with Crippen molar-refractivity contribution in [2.75, 3.05) is 5.32 Å². The van der Waals surface area contributed by atoms with Gasteiger partial charge in [-0.15, -0.1) is 0 Å². The second kappa shape index (κ2) is 3.69. The van der Waals surface area contributed by atoms with Gasteiger partial charge in [0.25, 0.3) is 5.69 Å². The quantitative estimate of drug-likeness (QED) is 0.649. The number of pyridine rings is 1. The maximum Gasteiger partial charge on any atom is 0.295 e. The first kappa shape index (κ1) is 10.0. The van der Waals surface area contributed by atoms with E-state index in [1.165, 1.54) is 18.9 Å². The molecule has 1 heterocycles. The van der Waals surface area contributed by atoms with Crippen LogP contribution in [0.1, 0.15) is 12.8 Å². The van der Waals surface area contributed by atoms with Crippen molar-refractivity contribution in [3.05, 3.63) is 40.6 Å². The summed E-state index contributed by atoms with van der Waals surface area (Å²) in [6.45, 7) is 0. The van der Waals surface area contributed by atoms with Gasteiger partial charge in [0, 0.05) is 29.4 Å². The lowest BCUT2D eigenvalue weighted by Crippen LogP contribution is -2.02. The Hall–Kier alpha value is -2.17. The number of nitrogens with zero attached hydrogens (tertiary/aromatic N) is 2. The predicted molar refractivity (Wildman–Crippen MR) is 65.0 cm³/mol. The van der Waals surface area contributed by atoms with Gasteiger partial charge in [0.2, 0.25) is 0 Å². The van der Waals surface area contributed by atoms with Crippen molar-refractivity contribution in [1.82, 2.24) is 4.98 Å². The van der Waals surface area contributed by atoms with Gasteiger partial charge in [0.1, 0.15) is 5.52 Å². The van der Waals surface area contributed by atoms with Crippen molar-refractivity contribution in [3.63, 3.8) is 0 Å². The lowest BCUT2D eigenvalue weighted by atomic mass is 10.1. The van der Waals surface area contributed by atoms with E-state index in [9.17, 15) is 10.1 Å². The van der Waals surface area contributed by atoms with Gasteiger partial charge in [-0.05, 0) is 31.0 Å². The first-order valence-electron chi connectivity index (χ1n) is 5.54. The van der Waals surface area contributed by atoms with Crippen molar-refractivity contribution in [2.45, 2.75) is 18.9 Å². The molecule has 86 valence electrons. The summed E-state index contributed by atoms with van der Waals surface area (Å²) in [4.78, 5) is 14.6. The lowest BCUT2D eigenvalue weighted by Gasteiger charge is -2.08. The summed E-state index contributed by atoms with van der Waals surface area (Å²) in [7, 11) is 0. The standard InChI is InChI=1S/C12H11N3O2/c16-15(17)11-6-5-10(14-8-3-4-8)9-2-1-7-13-12(9)11/h1-2,5-8,14H,3-4H2. The first-order chi connectivity index (χ1) is 8.25. The Bertz CT molecular complexity index is 593. The molecule has 17 heavy (non-hydrogen) atoms. The van der Waals surface area contributed by atoms with Gasteiger partial charge in [-0.3, -0.25) is 10.1 Å². The molecule has 3 rings (SSSR count). The molecule has 1 fully saturated rings. The highest BCUT2D eigenvalue weighted by Crippen LogP contribution is 2.33. The zero-order valence-electron chi connectivity index (χ0n) is 9.09. The monoisotopic (exact) mass is 229 g/mol. The number of fused-ring (bicyclic) bond motifs is 1. The number of rotatable bonds is 3. The molecular formula is C12H11N3O2. The van der Waals surface area contributed by atoms with Gasteiger partial charge in [0.15, 0.2) is 0 Å². The second-order valence-corrected chi connectivity index (χ2v) is 4.21. The van der Waals surface area contributed by atoms with Crippen LogP contribution in [0.2, 0.25) is 0 Å². The topological polar surface area (TPSA) is 68.1 Å². The van der Waals surface area contributed by atoms with Gasteiger partial charge in [-0.25, -0.2) is 4.98 Å². The van der Waals surface area contributed by atoms with Crippen LogP contribution in [0.5, 0.6) is 0 Å². The van der Waals surface area contributed by atoms with Crippen LogP contribution in [-0.2, 0) is 0 Å². The van der Waals surface area contributed by atoms with Crippen molar-refractivity contribution in [1.29, 1.82) is 0 Å². The van der Waals surface area contributed by atoms with E-state index in [1.807, 2.05) is 6.07 Å². The van der Waals surface area contributed by atoms with Crippen LogP contribution in [0.3, 0.4) is 0 Å². The maximum absolute atomic E-state index is 10.9. The number of nitro benzene ring substituents is 1. The fourth-order valence-corrected chi connectivity index (χ4v) is 1.88. The van der Waals surface area contributed by atoms with Crippen LogP contribution in [-0.4, -0.2) is 15.9 Å². The highest BCUT2D eigenvalue weighted by molar-refractivity contribution is 5.97. The molecule has 0 spiro atoms. The van der Waals surface area contributed by atoms with Crippen LogP contribution in [0.4, 0.5) is 11.4 Å². The average Bonchev–Trinajstić information content (AvgIpc) is 3.13. The molecule has 1 saturated carbocycles. The highest BCUT2D eigenvalue weighted by Gasteiger charge is 2.23. The van der Waals surface area contributed by atoms with Gasteiger partial charge in [0.05, 0.1) is 4.92 Å². The Labute approximate surface area is 97.6 Å². The minimum absolute atomic E-state index is 0.0574. The SMILES string of the molecule is O=[N+]([O-])c1ccc(NC2CC2)c2cccnc12. The third-order valence-corrected chi connectivity index (χ3v) is 2.88. The largest absolute Gasteiger partial charge is 0.382 e. The number of anilines is 1. The van der Waals surface area contributed by atoms with E-state index in [4.69, 9.17) is 0 Å². The summed E-state index contributed by atoms with van der Waals surface area (Å²) < 4.78 is 0. The average molecular weight is 229 g/mol. The molecule has 1 aromatic carbocycles. The summed E-state index contributed by atoms with van der Waals surface area (Å²) in [5.74, 6) is 0. The molecule has 1 N–H and O–H groups in total. The first-order valence-corrected chi connectivity index (χ1v) is 5.54. The van der Waals surface area contributed by atoms with E-state index >= 15 is 0 Å². The normalized spacial score (nSPS) is 14.8. The molecule has 1 aromatic heterocycles. The van der Waals surface area contributed by atoms with Crippen LogP contribution >= 0.6 is 0 Å². The van der Waals surface area contributed by atoms with E-state index in [-0.39, 0.29) is 5.69 Å². The van der Waals surface area contributed by atoms with Crippen LogP contribution < -0.4 is 5.32 Å². The van der Waals surface area contributed by atoms with Crippen molar-refractivity contribution in [3.8, 4) is 0 Å².